The molecular weight excluding hydrogens is 259 g/mol. The lowest BCUT2D eigenvalue weighted by atomic mass is 9.96. The standard InChI is InChI=1S/C15H15FN2O2/c1-18-6-5-12-11(8-18)14(15(19)20-2)10-4-3-9(16)7-13(10)17-12/h3-4,7H,5-6,8H2,1-2H3. The SMILES string of the molecule is COC(=O)c1c2c(nc3cc(F)ccc13)CCN(C)C2. The number of rotatable bonds is 1. The molecule has 0 fully saturated rings. The topological polar surface area (TPSA) is 42.4 Å². The Morgan fingerprint density at radius 1 is 1.45 bits per heavy atom. The maximum absolute atomic E-state index is 13.4. The van der Waals surface area contributed by atoms with Gasteiger partial charge in [0.25, 0.3) is 0 Å². The van der Waals surface area contributed by atoms with Crippen molar-refractivity contribution in [3.63, 3.8) is 0 Å². The molecule has 0 N–H and O–H groups in total. The number of aromatic nitrogens is 1. The average Bonchev–Trinajstić information content (AvgIpc) is 2.44. The summed E-state index contributed by atoms with van der Waals surface area (Å²) in [5.74, 6) is -0.746. The van der Waals surface area contributed by atoms with Crippen LogP contribution in [0.15, 0.2) is 18.2 Å². The number of carbonyl (C=O) groups excluding carboxylic acids is 1. The maximum Gasteiger partial charge on any atom is 0.338 e. The van der Waals surface area contributed by atoms with Gasteiger partial charge in [0.15, 0.2) is 0 Å². The van der Waals surface area contributed by atoms with Crippen molar-refractivity contribution in [3.8, 4) is 0 Å². The number of likely N-dealkylation sites (N-methyl/N-ethyl adjacent to an activating group) is 1. The van der Waals surface area contributed by atoms with E-state index in [0.29, 0.717) is 23.0 Å². The Bertz CT molecular complexity index is 700. The van der Waals surface area contributed by atoms with Crippen molar-refractivity contribution < 1.29 is 13.9 Å². The molecule has 0 amide bonds. The van der Waals surface area contributed by atoms with E-state index in [1.54, 1.807) is 6.07 Å². The molecule has 0 saturated heterocycles. The van der Waals surface area contributed by atoms with Gasteiger partial charge in [0.2, 0.25) is 0 Å². The van der Waals surface area contributed by atoms with Crippen LogP contribution in [0.2, 0.25) is 0 Å². The lowest BCUT2D eigenvalue weighted by molar-refractivity contribution is 0.0600. The Hall–Kier alpha value is -2.01. The van der Waals surface area contributed by atoms with Crippen molar-refractivity contribution in [3.05, 3.63) is 40.8 Å². The molecule has 0 spiro atoms. The predicted octanol–water partition coefficient (Wildman–Crippen LogP) is 2.15. The lowest BCUT2D eigenvalue weighted by Gasteiger charge is -2.26. The first-order valence-corrected chi connectivity index (χ1v) is 6.48. The van der Waals surface area contributed by atoms with Gasteiger partial charge in [0, 0.05) is 42.2 Å². The van der Waals surface area contributed by atoms with Gasteiger partial charge in [-0.3, -0.25) is 4.98 Å². The van der Waals surface area contributed by atoms with Crippen molar-refractivity contribution in [2.24, 2.45) is 0 Å². The van der Waals surface area contributed by atoms with E-state index < -0.39 is 5.97 Å². The quantitative estimate of drug-likeness (QED) is 0.747. The highest BCUT2D eigenvalue weighted by Gasteiger charge is 2.25. The molecule has 0 saturated carbocycles. The molecule has 0 atom stereocenters. The van der Waals surface area contributed by atoms with Gasteiger partial charge < -0.3 is 9.64 Å². The van der Waals surface area contributed by atoms with Gasteiger partial charge in [0.1, 0.15) is 5.82 Å². The first kappa shape index (κ1) is 13.0. The number of nitrogens with zero attached hydrogens (tertiary/aromatic N) is 2. The summed E-state index contributed by atoms with van der Waals surface area (Å²) in [6, 6.07) is 4.30. The summed E-state index contributed by atoms with van der Waals surface area (Å²) in [4.78, 5) is 18.8. The van der Waals surface area contributed by atoms with Crippen molar-refractivity contribution in [2.45, 2.75) is 13.0 Å². The van der Waals surface area contributed by atoms with Crippen LogP contribution in [0.4, 0.5) is 4.39 Å². The Balaban J connectivity index is 2.34. The zero-order chi connectivity index (χ0) is 14.3. The summed E-state index contributed by atoms with van der Waals surface area (Å²) in [5, 5.41) is 0.646. The molecule has 2 heterocycles. The van der Waals surface area contributed by atoms with Gasteiger partial charge in [-0.15, -0.1) is 0 Å². The van der Waals surface area contributed by atoms with Crippen LogP contribution in [0.1, 0.15) is 21.6 Å². The van der Waals surface area contributed by atoms with Crippen molar-refractivity contribution in [1.29, 1.82) is 0 Å². The van der Waals surface area contributed by atoms with Crippen LogP contribution in [0, 0.1) is 5.82 Å². The molecule has 2 aromatic rings. The molecule has 104 valence electrons. The molecule has 5 heteroatoms. The van der Waals surface area contributed by atoms with Gasteiger partial charge >= 0.3 is 5.97 Å². The molecule has 4 nitrogen and oxygen atoms in total. The van der Waals surface area contributed by atoms with Gasteiger partial charge in [-0.05, 0) is 19.2 Å². The summed E-state index contributed by atoms with van der Waals surface area (Å²) >= 11 is 0. The van der Waals surface area contributed by atoms with Crippen molar-refractivity contribution in [1.82, 2.24) is 9.88 Å². The van der Waals surface area contributed by atoms with Crippen LogP contribution in [-0.2, 0) is 17.7 Å². The van der Waals surface area contributed by atoms with Gasteiger partial charge in [-0.2, -0.15) is 0 Å². The highest BCUT2D eigenvalue weighted by atomic mass is 19.1. The number of esters is 1. The van der Waals surface area contributed by atoms with Gasteiger partial charge in [0.05, 0.1) is 18.2 Å². The van der Waals surface area contributed by atoms with Crippen molar-refractivity contribution >= 4 is 16.9 Å². The first-order valence-electron chi connectivity index (χ1n) is 6.48. The fourth-order valence-electron chi connectivity index (χ4n) is 2.69. The number of methoxy groups -OCH3 is 1. The van der Waals surface area contributed by atoms with Crippen LogP contribution in [0.5, 0.6) is 0 Å². The molecule has 1 aromatic heterocycles. The Morgan fingerprint density at radius 2 is 2.25 bits per heavy atom. The highest BCUT2D eigenvalue weighted by molar-refractivity contribution is 6.05. The largest absolute Gasteiger partial charge is 0.465 e. The fourth-order valence-corrected chi connectivity index (χ4v) is 2.69. The third-order valence-electron chi connectivity index (χ3n) is 3.68. The average molecular weight is 274 g/mol. The fraction of sp³-hybridized carbons (Fsp3) is 0.333. The molecule has 3 rings (SSSR count). The minimum Gasteiger partial charge on any atom is -0.465 e. The van der Waals surface area contributed by atoms with Crippen LogP contribution >= 0.6 is 0 Å². The summed E-state index contributed by atoms with van der Waals surface area (Å²) in [5.41, 5.74) is 2.78. The summed E-state index contributed by atoms with van der Waals surface area (Å²) < 4.78 is 18.3. The number of carbonyl (C=O) groups is 1. The zero-order valence-corrected chi connectivity index (χ0v) is 11.4. The lowest BCUT2D eigenvalue weighted by Crippen LogP contribution is -2.29. The predicted molar refractivity (Wildman–Crippen MR) is 73.1 cm³/mol. The van der Waals surface area contributed by atoms with E-state index in [4.69, 9.17) is 4.74 Å². The van der Waals surface area contributed by atoms with E-state index in [1.165, 1.54) is 19.2 Å². The molecule has 0 unspecified atom stereocenters. The van der Waals surface area contributed by atoms with Gasteiger partial charge in [-0.1, -0.05) is 0 Å². The monoisotopic (exact) mass is 274 g/mol. The molecular formula is C15H15FN2O2. The van der Waals surface area contributed by atoms with Crippen LogP contribution in [-0.4, -0.2) is 36.6 Å². The first-order chi connectivity index (χ1) is 9.60. The van der Waals surface area contributed by atoms with Crippen molar-refractivity contribution in [2.75, 3.05) is 20.7 Å². The second kappa shape index (κ2) is 4.83. The Labute approximate surface area is 116 Å². The molecule has 0 radical (unpaired) electrons. The third kappa shape index (κ3) is 2.04. The number of fused-ring (bicyclic) bond motifs is 2. The maximum atomic E-state index is 13.4. The van der Waals surface area contributed by atoms with Gasteiger partial charge in [-0.25, -0.2) is 9.18 Å². The van der Waals surface area contributed by atoms with Crippen LogP contribution in [0.3, 0.4) is 0 Å². The van der Waals surface area contributed by atoms with E-state index in [2.05, 4.69) is 9.88 Å². The number of hydrogen-bond donors (Lipinski definition) is 0. The van der Waals surface area contributed by atoms with E-state index >= 15 is 0 Å². The second-order valence-corrected chi connectivity index (χ2v) is 5.05. The minimum absolute atomic E-state index is 0.353. The van der Waals surface area contributed by atoms with E-state index in [-0.39, 0.29) is 5.82 Å². The van der Waals surface area contributed by atoms with E-state index in [0.717, 1.165) is 24.2 Å². The number of pyridine rings is 1. The Kier molecular flexibility index (Phi) is 3.14. The minimum atomic E-state index is -0.393. The normalized spacial score (nSPS) is 15.2. The highest BCUT2D eigenvalue weighted by Crippen LogP contribution is 2.28. The molecule has 1 aliphatic heterocycles. The summed E-state index contributed by atoms with van der Waals surface area (Å²) in [6.07, 6.45) is 0.752. The van der Waals surface area contributed by atoms with Crippen LogP contribution in [0.25, 0.3) is 10.9 Å². The second-order valence-electron chi connectivity index (χ2n) is 5.05. The molecule has 20 heavy (non-hydrogen) atoms. The van der Waals surface area contributed by atoms with E-state index in [1.807, 2.05) is 7.05 Å². The zero-order valence-electron chi connectivity index (χ0n) is 11.4. The molecule has 1 aromatic carbocycles. The third-order valence-corrected chi connectivity index (χ3v) is 3.68. The number of ether oxygens (including phenoxy) is 1. The molecule has 1 aliphatic rings. The molecule has 0 aliphatic carbocycles. The smallest absolute Gasteiger partial charge is 0.338 e. The molecule has 0 bridgehead atoms. The van der Waals surface area contributed by atoms with E-state index in [9.17, 15) is 9.18 Å². The number of benzene rings is 1. The number of hydrogen-bond acceptors (Lipinski definition) is 4. The van der Waals surface area contributed by atoms with Crippen LogP contribution < -0.4 is 0 Å². The number of halogens is 1. The summed E-state index contributed by atoms with van der Waals surface area (Å²) in [7, 11) is 3.36. The Morgan fingerprint density at radius 3 is 3.00 bits per heavy atom. The summed E-state index contributed by atoms with van der Waals surface area (Å²) in [6.45, 7) is 1.53.